The molecule has 0 spiro atoms. The van der Waals surface area contributed by atoms with Crippen molar-refractivity contribution in [1.29, 1.82) is 0 Å². The van der Waals surface area contributed by atoms with Crippen molar-refractivity contribution in [2.24, 2.45) is 0 Å². The average Bonchev–Trinajstić information content (AvgIpc) is 2.81. The number of aromatic nitrogens is 1. The van der Waals surface area contributed by atoms with E-state index in [1.165, 1.54) is 0 Å². The van der Waals surface area contributed by atoms with E-state index < -0.39 is 22.8 Å². The number of benzene rings is 1. The number of carbonyl (C=O) groups is 1. The Kier molecular flexibility index (Phi) is 5.43. The number of carboxylic acid groups (broad SMARTS) is 1. The minimum Gasteiger partial charge on any atom is -0.506 e. The normalized spacial score (nSPS) is 15.9. The Balaban J connectivity index is 0.00000210. The summed E-state index contributed by atoms with van der Waals surface area (Å²) < 4.78 is 0. The number of nitrogens with one attached hydrogen (secondary N) is 2. The smallest absolute Gasteiger partial charge is 0.345 e. The third-order valence-electron chi connectivity index (χ3n) is 5.22. The standard InChI is InChI=1S/C19H21N3O4.ClH/c23-17-14-3-1-2-11-10-12(22-8-6-20-7-9-22)4-5-13(11)16(14)21-18(24)15(17)19(25)26;/h4-5,10,20H,1-3,6-9H2,(H,25,26)(H2,21,23,24);1H. The Hall–Kier alpha value is -2.51. The molecule has 1 saturated heterocycles. The molecular formula is C19H22ClN3O4. The van der Waals surface area contributed by atoms with Gasteiger partial charge in [-0.1, -0.05) is 6.07 Å². The number of halogens is 1. The Bertz CT molecular complexity index is 935. The third-order valence-corrected chi connectivity index (χ3v) is 5.22. The Morgan fingerprint density at radius 2 is 1.89 bits per heavy atom. The van der Waals surface area contributed by atoms with Crippen molar-refractivity contribution in [2.75, 3.05) is 31.1 Å². The van der Waals surface area contributed by atoms with E-state index in [4.69, 9.17) is 0 Å². The zero-order valence-corrected chi connectivity index (χ0v) is 15.6. The summed E-state index contributed by atoms with van der Waals surface area (Å²) in [6.45, 7) is 3.82. The molecule has 4 N–H and O–H groups in total. The number of H-pyrrole nitrogens is 1. The van der Waals surface area contributed by atoms with Gasteiger partial charge in [0.1, 0.15) is 5.75 Å². The molecule has 1 fully saturated rings. The van der Waals surface area contributed by atoms with Crippen molar-refractivity contribution in [1.82, 2.24) is 10.3 Å². The Labute approximate surface area is 162 Å². The maximum atomic E-state index is 12.2. The lowest BCUT2D eigenvalue weighted by Gasteiger charge is -2.30. The first-order chi connectivity index (χ1) is 12.6. The minimum atomic E-state index is -1.41. The van der Waals surface area contributed by atoms with E-state index in [-0.39, 0.29) is 12.4 Å². The van der Waals surface area contributed by atoms with Crippen LogP contribution in [0.25, 0.3) is 11.3 Å². The minimum absolute atomic E-state index is 0. The molecule has 1 aromatic carbocycles. The molecule has 0 atom stereocenters. The first kappa shape index (κ1) is 19.3. The SMILES string of the molecule is Cl.O=C(O)c1c(O)c2c([nH]c1=O)-c1ccc(N3CCNCC3)cc1CCC2. The highest BCUT2D eigenvalue weighted by atomic mass is 35.5. The summed E-state index contributed by atoms with van der Waals surface area (Å²) in [6.07, 6.45) is 2.12. The second-order valence-electron chi connectivity index (χ2n) is 6.77. The number of piperazine rings is 1. The summed E-state index contributed by atoms with van der Waals surface area (Å²) in [5, 5.41) is 22.9. The van der Waals surface area contributed by atoms with Crippen LogP contribution in [0.2, 0.25) is 0 Å². The Morgan fingerprint density at radius 1 is 1.15 bits per heavy atom. The highest BCUT2D eigenvalue weighted by Gasteiger charge is 2.25. The molecule has 2 aromatic rings. The van der Waals surface area contributed by atoms with E-state index in [1.807, 2.05) is 12.1 Å². The first-order valence-electron chi connectivity index (χ1n) is 8.86. The molecule has 2 aliphatic rings. The molecule has 0 radical (unpaired) electrons. The molecule has 1 aromatic heterocycles. The van der Waals surface area contributed by atoms with Gasteiger partial charge in [0.05, 0.1) is 5.69 Å². The second-order valence-corrected chi connectivity index (χ2v) is 6.77. The topological polar surface area (TPSA) is 106 Å². The molecule has 0 saturated carbocycles. The number of rotatable bonds is 2. The lowest BCUT2D eigenvalue weighted by molar-refractivity contribution is 0.0691. The Morgan fingerprint density at radius 3 is 2.59 bits per heavy atom. The van der Waals surface area contributed by atoms with E-state index in [0.717, 1.165) is 55.8 Å². The molecular weight excluding hydrogens is 370 g/mol. The largest absolute Gasteiger partial charge is 0.506 e. The number of aromatic carboxylic acids is 1. The third kappa shape index (κ3) is 3.40. The first-order valence-corrected chi connectivity index (χ1v) is 8.86. The average molecular weight is 392 g/mol. The fraction of sp³-hybridized carbons (Fsp3) is 0.368. The summed E-state index contributed by atoms with van der Waals surface area (Å²) in [6, 6.07) is 6.14. The fourth-order valence-corrected chi connectivity index (χ4v) is 3.91. The van der Waals surface area contributed by atoms with Gasteiger partial charge in [0.25, 0.3) is 5.56 Å². The number of aromatic hydroxyl groups is 1. The van der Waals surface area contributed by atoms with Crippen LogP contribution >= 0.6 is 12.4 Å². The van der Waals surface area contributed by atoms with Gasteiger partial charge < -0.3 is 25.4 Å². The number of hydrogen-bond donors (Lipinski definition) is 4. The molecule has 1 aliphatic heterocycles. The van der Waals surface area contributed by atoms with Gasteiger partial charge in [0.15, 0.2) is 5.56 Å². The summed E-state index contributed by atoms with van der Waals surface area (Å²) >= 11 is 0. The fourth-order valence-electron chi connectivity index (χ4n) is 3.91. The maximum Gasteiger partial charge on any atom is 0.345 e. The van der Waals surface area contributed by atoms with Gasteiger partial charge >= 0.3 is 5.97 Å². The number of pyridine rings is 1. The van der Waals surface area contributed by atoms with Gasteiger partial charge in [-0.3, -0.25) is 4.79 Å². The van der Waals surface area contributed by atoms with Crippen LogP contribution in [0.3, 0.4) is 0 Å². The zero-order chi connectivity index (χ0) is 18.3. The van der Waals surface area contributed by atoms with Crippen LogP contribution in [0.4, 0.5) is 5.69 Å². The molecule has 27 heavy (non-hydrogen) atoms. The van der Waals surface area contributed by atoms with E-state index in [2.05, 4.69) is 21.3 Å². The molecule has 0 unspecified atom stereocenters. The number of aromatic amines is 1. The molecule has 0 amide bonds. The number of nitrogens with zero attached hydrogens (tertiary/aromatic N) is 1. The van der Waals surface area contributed by atoms with Crippen LogP contribution in [0.5, 0.6) is 5.75 Å². The maximum absolute atomic E-state index is 12.2. The van der Waals surface area contributed by atoms with Crippen molar-refractivity contribution in [3.8, 4) is 17.0 Å². The number of fused-ring (bicyclic) bond motifs is 3. The number of anilines is 1. The molecule has 0 bridgehead atoms. The van der Waals surface area contributed by atoms with Crippen LogP contribution in [0.15, 0.2) is 23.0 Å². The molecule has 8 heteroatoms. The van der Waals surface area contributed by atoms with Crippen molar-refractivity contribution in [3.63, 3.8) is 0 Å². The van der Waals surface area contributed by atoms with Gasteiger partial charge in [0, 0.05) is 43.0 Å². The van der Waals surface area contributed by atoms with Gasteiger partial charge in [-0.2, -0.15) is 0 Å². The van der Waals surface area contributed by atoms with Gasteiger partial charge in [0.2, 0.25) is 0 Å². The highest BCUT2D eigenvalue weighted by Crippen LogP contribution is 2.37. The lowest BCUT2D eigenvalue weighted by Crippen LogP contribution is -2.43. The van der Waals surface area contributed by atoms with Crippen LogP contribution in [-0.4, -0.2) is 47.3 Å². The van der Waals surface area contributed by atoms with E-state index in [9.17, 15) is 19.8 Å². The van der Waals surface area contributed by atoms with E-state index in [1.54, 1.807) is 0 Å². The van der Waals surface area contributed by atoms with Crippen molar-refractivity contribution >= 4 is 24.1 Å². The zero-order valence-electron chi connectivity index (χ0n) is 14.7. The van der Waals surface area contributed by atoms with Crippen molar-refractivity contribution < 1.29 is 15.0 Å². The van der Waals surface area contributed by atoms with Crippen LogP contribution in [-0.2, 0) is 12.8 Å². The summed E-state index contributed by atoms with van der Waals surface area (Å²) in [5.41, 5.74) is 2.83. The van der Waals surface area contributed by atoms with Crippen LogP contribution in [0, 0.1) is 0 Å². The molecule has 2 heterocycles. The predicted molar refractivity (Wildman–Crippen MR) is 105 cm³/mol. The summed E-state index contributed by atoms with van der Waals surface area (Å²) in [4.78, 5) is 28.5. The highest BCUT2D eigenvalue weighted by molar-refractivity contribution is 5.92. The van der Waals surface area contributed by atoms with Crippen molar-refractivity contribution in [3.05, 3.63) is 45.2 Å². The molecule has 4 rings (SSSR count). The monoisotopic (exact) mass is 391 g/mol. The van der Waals surface area contributed by atoms with Gasteiger partial charge in [-0.15, -0.1) is 12.4 Å². The van der Waals surface area contributed by atoms with E-state index >= 15 is 0 Å². The van der Waals surface area contributed by atoms with Crippen LogP contribution in [0.1, 0.15) is 27.9 Å². The number of hydrogen-bond acceptors (Lipinski definition) is 5. The predicted octanol–water partition coefficient (Wildman–Crippen LogP) is 1.77. The molecule has 1 aliphatic carbocycles. The molecule has 7 nitrogen and oxygen atoms in total. The molecule has 144 valence electrons. The van der Waals surface area contributed by atoms with Crippen LogP contribution < -0.4 is 15.8 Å². The number of carboxylic acids is 1. The van der Waals surface area contributed by atoms with Crippen molar-refractivity contribution in [2.45, 2.75) is 19.3 Å². The van der Waals surface area contributed by atoms with Gasteiger partial charge in [-0.25, -0.2) is 4.79 Å². The summed E-state index contributed by atoms with van der Waals surface area (Å²) in [5.74, 6) is -1.82. The quantitative estimate of drug-likeness (QED) is 0.621. The van der Waals surface area contributed by atoms with Gasteiger partial charge in [-0.05, 0) is 37.0 Å². The summed E-state index contributed by atoms with van der Waals surface area (Å²) in [7, 11) is 0. The second kappa shape index (κ2) is 7.62. The van der Waals surface area contributed by atoms with E-state index in [0.29, 0.717) is 17.7 Å². The lowest BCUT2D eigenvalue weighted by atomic mass is 9.99. The number of aryl methyl sites for hydroxylation is 1.